The molecule has 0 bridgehead atoms. The van der Waals surface area contributed by atoms with Crippen LogP contribution in [0.2, 0.25) is 0 Å². The molecular formula is C9H14N2O2. The molecule has 0 radical (unpaired) electrons. The van der Waals surface area contributed by atoms with E-state index in [1.54, 1.807) is 7.05 Å². The Kier molecular flexibility index (Phi) is 2.70. The Balaban J connectivity index is 3.61. The number of aromatic amines is 1. The molecule has 0 aliphatic rings. The Bertz CT molecular complexity index is 415. The predicted molar refractivity (Wildman–Crippen MR) is 51.1 cm³/mol. The highest BCUT2D eigenvalue weighted by atomic mass is 16.2. The first kappa shape index (κ1) is 9.77. The van der Waals surface area contributed by atoms with E-state index in [1.165, 1.54) is 4.57 Å². The maximum absolute atomic E-state index is 11.3. The van der Waals surface area contributed by atoms with Crippen molar-refractivity contribution in [2.24, 2.45) is 7.05 Å². The molecule has 13 heavy (non-hydrogen) atoms. The van der Waals surface area contributed by atoms with Gasteiger partial charge in [0.15, 0.2) is 0 Å². The summed E-state index contributed by atoms with van der Waals surface area (Å²) in [6.45, 7) is 3.85. The first-order chi connectivity index (χ1) is 6.11. The highest BCUT2D eigenvalue weighted by Gasteiger charge is 2.08. The third-order valence-corrected chi connectivity index (χ3v) is 2.24. The second kappa shape index (κ2) is 3.60. The molecule has 0 saturated heterocycles. The van der Waals surface area contributed by atoms with Crippen molar-refractivity contribution in [2.45, 2.75) is 26.7 Å². The van der Waals surface area contributed by atoms with Crippen LogP contribution in [0, 0.1) is 0 Å². The van der Waals surface area contributed by atoms with Crippen LogP contribution in [0.25, 0.3) is 0 Å². The second-order valence-corrected chi connectivity index (χ2v) is 2.95. The molecule has 1 N–H and O–H groups in total. The largest absolute Gasteiger partial charge is 0.328 e. The summed E-state index contributed by atoms with van der Waals surface area (Å²) >= 11 is 0. The maximum Gasteiger partial charge on any atom is 0.328 e. The van der Waals surface area contributed by atoms with E-state index >= 15 is 0 Å². The van der Waals surface area contributed by atoms with Crippen LogP contribution in [0.4, 0.5) is 0 Å². The summed E-state index contributed by atoms with van der Waals surface area (Å²) in [5.41, 5.74) is 0.961. The predicted octanol–water partition coefficient (Wildman–Crippen LogP) is 0.198. The molecule has 0 aromatic carbocycles. The van der Waals surface area contributed by atoms with Gasteiger partial charge in [-0.05, 0) is 12.8 Å². The Morgan fingerprint density at radius 3 is 2.31 bits per heavy atom. The molecule has 1 aromatic heterocycles. The van der Waals surface area contributed by atoms with Gasteiger partial charge < -0.3 is 4.57 Å². The number of nitrogens with one attached hydrogen (secondary N) is 1. The Hall–Kier alpha value is -1.32. The standard InChI is InChI=1S/C9H14N2O2/c1-4-6-7(5-2)11(3)9(13)10-8(6)12/h4-5H2,1-3H3,(H,10,12,13). The lowest BCUT2D eigenvalue weighted by Gasteiger charge is -2.08. The minimum absolute atomic E-state index is 0.248. The van der Waals surface area contributed by atoms with Crippen molar-refractivity contribution < 1.29 is 0 Å². The smallest absolute Gasteiger partial charge is 0.301 e. The summed E-state index contributed by atoms with van der Waals surface area (Å²) in [5.74, 6) is 0. The molecule has 4 heteroatoms. The molecule has 0 amide bonds. The van der Waals surface area contributed by atoms with Gasteiger partial charge in [0.2, 0.25) is 0 Å². The van der Waals surface area contributed by atoms with E-state index in [0.29, 0.717) is 18.4 Å². The highest BCUT2D eigenvalue weighted by Crippen LogP contribution is 2.01. The van der Waals surface area contributed by atoms with Gasteiger partial charge in [0.1, 0.15) is 0 Å². The third-order valence-electron chi connectivity index (χ3n) is 2.24. The van der Waals surface area contributed by atoms with Crippen LogP contribution in [0.15, 0.2) is 9.59 Å². The fourth-order valence-corrected chi connectivity index (χ4v) is 1.53. The summed E-state index contributed by atoms with van der Waals surface area (Å²) in [5, 5.41) is 0. The van der Waals surface area contributed by atoms with Gasteiger partial charge >= 0.3 is 5.69 Å². The van der Waals surface area contributed by atoms with Crippen molar-refractivity contribution in [3.63, 3.8) is 0 Å². The Morgan fingerprint density at radius 2 is 1.85 bits per heavy atom. The lowest BCUT2D eigenvalue weighted by Crippen LogP contribution is -2.33. The number of rotatable bonds is 2. The first-order valence-electron chi connectivity index (χ1n) is 4.42. The van der Waals surface area contributed by atoms with Crippen LogP contribution in [-0.4, -0.2) is 9.55 Å². The summed E-state index contributed by atoms with van der Waals surface area (Å²) in [6, 6.07) is 0. The van der Waals surface area contributed by atoms with Gasteiger partial charge in [0.05, 0.1) is 0 Å². The van der Waals surface area contributed by atoms with Crippen molar-refractivity contribution in [1.29, 1.82) is 0 Å². The topological polar surface area (TPSA) is 54.9 Å². The van der Waals surface area contributed by atoms with Crippen molar-refractivity contribution in [1.82, 2.24) is 9.55 Å². The van der Waals surface area contributed by atoms with Crippen molar-refractivity contribution >= 4 is 0 Å². The van der Waals surface area contributed by atoms with E-state index in [4.69, 9.17) is 0 Å². The zero-order valence-corrected chi connectivity index (χ0v) is 8.18. The van der Waals surface area contributed by atoms with Crippen LogP contribution in [0.3, 0.4) is 0 Å². The summed E-state index contributed by atoms with van der Waals surface area (Å²) in [7, 11) is 1.68. The molecule has 0 aliphatic carbocycles. The van der Waals surface area contributed by atoms with Gasteiger partial charge in [0, 0.05) is 18.3 Å². The molecule has 0 aliphatic heterocycles. The number of aromatic nitrogens is 2. The Morgan fingerprint density at radius 1 is 1.23 bits per heavy atom. The van der Waals surface area contributed by atoms with Crippen LogP contribution in [0.1, 0.15) is 25.1 Å². The van der Waals surface area contributed by atoms with E-state index in [1.807, 2.05) is 13.8 Å². The molecule has 1 aromatic rings. The number of hydrogen-bond acceptors (Lipinski definition) is 2. The van der Waals surface area contributed by atoms with Crippen LogP contribution < -0.4 is 11.2 Å². The molecule has 72 valence electrons. The van der Waals surface area contributed by atoms with E-state index in [9.17, 15) is 9.59 Å². The van der Waals surface area contributed by atoms with E-state index < -0.39 is 0 Å². The molecule has 0 spiro atoms. The highest BCUT2D eigenvalue weighted by molar-refractivity contribution is 5.17. The SMILES string of the molecule is CCc1c(CC)n(C)c(=O)[nH]c1=O. The maximum atomic E-state index is 11.3. The van der Waals surface area contributed by atoms with Gasteiger partial charge in [-0.1, -0.05) is 13.8 Å². The summed E-state index contributed by atoms with van der Waals surface area (Å²) < 4.78 is 1.50. The lowest BCUT2D eigenvalue weighted by molar-refractivity contribution is 0.715. The van der Waals surface area contributed by atoms with E-state index in [0.717, 1.165) is 5.69 Å². The zero-order chi connectivity index (χ0) is 10.0. The minimum atomic E-state index is -0.334. The first-order valence-corrected chi connectivity index (χ1v) is 4.42. The molecule has 0 unspecified atom stereocenters. The van der Waals surface area contributed by atoms with Gasteiger partial charge in [-0.2, -0.15) is 0 Å². The average molecular weight is 182 g/mol. The van der Waals surface area contributed by atoms with Crippen molar-refractivity contribution in [2.75, 3.05) is 0 Å². The number of hydrogen-bond donors (Lipinski definition) is 1. The van der Waals surface area contributed by atoms with Crippen molar-refractivity contribution in [3.05, 3.63) is 32.1 Å². The van der Waals surface area contributed by atoms with Gasteiger partial charge in [-0.25, -0.2) is 4.79 Å². The van der Waals surface area contributed by atoms with E-state index in [-0.39, 0.29) is 11.2 Å². The molecule has 1 rings (SSSR count). The molecule has 4 nitrogen and oxygen atoms in total. The number of H-pyrrole nitrogens is 1. The van der Waals surface area contributed by atoms with Gasteiger partial charge in [-0.15, -0.1) is 0 Å². The van der Waals surface area contributed by atoms with Gasteiger partial charge in [0.25, 0.3) is 5.56 Å². The monoisotopic (exact) mass is 182 g/mol. The van der Waals surface area contributed by atoms with Gasteiger partial charge in [-0.3, -0.25) is 9.78 Å². The molecular weight excluding hydrogens is 168 g/mol. The molecule has 0 atom stereocenters. The van der Waals surface area contributed by atoms with Crippen LogP contribution in [-0.2, 0) is 19.9 Å². The molecule has 0 fully saturated rings. The molecule has 1 heterocycles. The quantitative estimate of drug-likeness (QED) is 0.710. The van der Waals surface area contributed by atoms with Crippen molar-refractivity contribution in [3.8, 4) is 0 Å². The third kappa shape index (κ3) is 1.56. The fraction of sp³-hybridized carbons (Fsp3) is 0.556. The van der Waals surface area contributed by atoms with Crippen LogP contribution >= 0.6 is 0 Å². The number of nitrogens with zero attached hydrogens (tertiary/aromatic N) is 1. The fourth-order valence-electron chi connectivity index (χ4n) is 1.53. The zero-order valence-electron chi connectivity index (χ0n) is 8.18. The normalized spacial score (nSPS) is 10.4. The van der Waals surface area contributed by atoms with E-state index in [2.05, 4.69) is 4.98 Å². The summed E-state index contributed by atoms with van der Waals surface area (Å²) in [4.78, 5) is 24.8. The average Bonchev–Trinajstić information content (AvgIpc) is 2.10. The van der Waals surface area contributed by atoms with Crippen LogP contribution in [0.5, 0.6) is 0 Å². The Labute approximate surface area is 76.2 Å². The summed E-state index contributed by atoms with van der Waals surface area (Å²) in [6.07, 6.45) is 1.37. The minimum Gasteiger partial charge on any atom is -0.301 e. The lowest BCUT2D eigenvalue weighted by atomic mass is 10.1. The molecule has 0 saturated carbocycles. The second-order valence-electron chi connectivity index (χ2n) is 2.95.